The fourth-order valence-electron chi connectivity index (χ4n) is 2.92. The van der Waals surface area contributed by atoms with Gasteiger partial charge in [0, 0.05) is 6.26 Å². The molecule has 0 N–H and O–H groups in total. The highest BCUT2D eigenvalue weighted by Gasteiger charge is 2.13. The van der Waals surface area contributed by atoms with E-state index in [2.05, 4.69) is 13.8 Å². The first-order valence-electron chi connectivity index (χ1n) is 8.79. The molecule has 0 aliphatic rings. The Labute approximate surface area is 137 Å². The van der Waals surface area contributed by atoms with Crippen LogP contribution in [0.15, 0.2) is 29.2 Å². The Morgan fingerprint density at radius 2 is 1.32 bits per heavy atom. The summed E-state index contributed by atoms with van der Waals surface area (Å²) in [5.41, 5.74) is 1.31. The summed E-state index contributed by atoms with van der Waals surface area (Å²) in [6.45, 7) is 4.47. The maximum absolute atomic E-state index is 11.6. The largest absolute Gasteiger partial charge is 0.224 e. The van der Waals surface area contributed by atoms with Crippen LogP contribution in [0, 0.1) is 0 Å². The number of sulfone groups is 1. The third-order valence-corrected chi connectivity index (χ3v) is 5.47. The van der Waals surface area contributed by atoms with Crippen molar-refractivity contribution >= 4 is 9.84 Å². The summed E-state index contributed by atoms with van der Waals surface area (Å²) in [5.74, 6) is 0.581. The van der Waals surface area contributed by atoms with E-state index in [0.29, 0.717) is 10.8 Å². The Hall–Kier alpha value is -0.830. The molecule has 3 heteroatoms. The Bertz CT molecular complexity index is 503. The molecule has 0 saturated heterocycles. The van der Waals surface area contributed by atoms with Crippen LogP contribution >= 0.6 is 0 Å². The van der Waals surface area contributed by atoms with Crippen LogP contribution in [0.25, 0.3) is 0 Å². The number of rotatable bonds is 11. The van der Waals surface area contributed by atoms with Crippen molar-refractivity contribution in [1.29, 1.82) is 0 Å². The fourth-order valence-corrected chi connectivity index (χ4v) is 3.55. The maximum Gasteiger partial charge on any atom is 0.175 e. The van der Waals surface area contributed by atoms with E-state index in [9.17, 15) is 8.42 Å². The molecule has 1 atom stereocenters. The molecule has 1 unspecified atom stereocenters. The molecule has 0 aliphatic carbocycles. The van der Waals surface area contributed by atoms with Crippen molar-refractivity contribution in [3.63, 3.8) is 0 Å². The smallest absolute Gasteiger partial charge is 0.175 e. The average Bonchev–Trinajstić information content (AvgIpc) is 2.49. The van der Waals surface area contributed by atoms with E-state index in [1.165, 1.54) is 69.6 Å². The van der Waals surface area contributed by atoms with Crippen molar-refractivity contribution in [3.05, 3.63) is 29.8 Å². The number of hydrogen-bond acceptors (Lipinski definition) is 2. The molecule has 1 aromatic carbocycles. The molecule has 0 heterocycles. The molecule has 126 valence electrons. The van der Waals surface area contributed by atoms with E-state index in [1.807, 2.05) is 12.1 Å². The van der Waals surface area contributed by atoms with Crippen LogP contribution in [-0.2, 0) is 9.84 Å². The minimum absolute atomic E-state index is 0.426. The zero-order valence-electron chi connectivity index (χ0n) is 14.5. The Balaban J connectivity index is 2.71. The second-order valence-electron chi connectivity index (χ2n) is 6.38. The predicted molar refractivity (Wildman–Crippen MR) is 95.2 cm³/mol. The molecule has 1 aromatic rings. The highest BCUT2D eigenvalue weighted by molar-refractivity contribution is 7.90. The maximum atomic E-state index is 11.6. The molecule has 0 radical (unpaired) electrons. The lowest BCUT2D eigenvalue weighted by Gasteiger charge is -2.18. The quantitative estimate of drug-likeness (QED) is 0.487. The summed E-state index contributed by atoms with van der Waals surface area (Å²) in [4.78, 5) is 0.426. The number of benzene rings is 1. The third kappa shape index (κ3) is 6.95. The van der Waals surface area contributed by atoms with Crippen LogP contribution < -0.4 is 0 Å². The lowest BCUT2D eigenvalue weighted by Crippen LogP contribution is -2.02. The van der Waals surface area contributed by atoms with Gasteiger partial charge in [-0.2, -0.15) is 0 Å². The van der Waals surface area contributed by atoms with E-state index in [-0.39, 0.29) is 0 Å². The van der Waals surface area contributed by atoms with Crippen LogP contribution in [-0.4, -0.2) is 14.7 Å². The molecule has 0 aromatic heterocycles. The minimum atomic E-state index is -3.09. The molecule has 0 aliphatic heterocycles. The first-order valence-corrected chi connectivity index (χ1v) is 10.7. The molecule has 0 amide bonds. The van der Waals surface area contributed by atoms with Gasteiger partial charge < -0.3 is 0 Å². The topological polar surface area (TPSA) is 34.1 Å². The standard InChI is InChI=1S/C19H32O2S/c1-4-6-8-10-12-17(11-9-7-5-2)18-13-15-19(16-14-18)22(3,20)21/h13-17H,4-12H2,1-3H3. The second kappa shape index (κ2) is 10.0. The SMILES string of the molecule is CCCCCCC(CCCCC)c1ccc(S(C)(=O)=O)cc1. The van der Waals surface area contributed by atoms with E-state index in [0.717, 1.165) is 0 Å². The first-order chi connectivity index (χ1) is 10.5. The average molecular weight is 325 g/mol. The van der Waals surface area contributed by atoms with Crippen LogP contribution in [0.5, 0.6) is 0 Å². The molecule has 0 spiro atoms. The van der Waals surface area contributed by atoms with Crippen LogP contribution in [0.1, 0.15) is 83.1 Å². The highest BCUT2D eigenvalue weighted by atomic mass is 32.2. The van der Waals surface area contributed by atoms with Gasteiger partial charge in [-0.25, -0.2) is 8.42 Å². The van der Waals surface area contributed by atoms with Crippen molar-refractivity contribution in [2.24, 2.45) is 0 Å². The highest BCUT2D eigenvalue weighted by Crippen LogP contribution is 2.29. The van der Waals surface area contributed by atoms with E-state index < -0.39 is 9.84 Å². The lowest BCUT2D eigenvalue weighted by molar-refractivity contribution is 0.501. The van der Waals surface area contributed by atoms with Gasteiger partial charge in [0.15, 0.2) is 9.84 Å². The van der Waals surface area contributed by atoms with E-state index >= 15 is 0 Å². The summed E-state index contributed by atoms with van der Waals surface area (Å²) >= 11 is 0. The van der Waals surface area contributed by atoms with Crippen molar-refractivity contribution in [3.8, 4) is 0 Å². The second-order valence-corrected chi connectivity index (χ2v) is 8.40. The van der Waals surface area contributed by atoms with E-state index in [4.69, 9.17) is 0 Å². The summed E-state index contributed by atoms with van der Waals surface area (Å²) in [6, 6.07) is 7.58. The van der Waals surface area contributed by atoms with Crippen molar-refractivity contribution in [1.82, 2.24) is 0 Å². The van der Waals surface area contributed by atoms with E-state index in [1.54, 1.807) is 12.1 Å². The molecule has 0 fully saturated rings. The van der Waals surface area contributed by atoms with Gasteiger partial charge in [-0.05, 0) is 36.5 Å². The minimum Gasteiger partial charge on any atom is -0.224 e. The van der Waals surface area contributed by atoms with Gasteiger partial charge in [0.05, 0.1) is 4.90 Å². The Morgan fingerprint density at radius 3 is 1.82 bits per heavy atom. The Morgan fingerprint density at radius 1 is 0.818 bits per heavy atom. The van der Waals surface area contributed by atoms with Crippen LogP contribution in [0.3, 0.4) is 0 Å². The van der Waals surface area contributed by atoms with Crippen LogP contribution in [0.2, 0.25) is 0 Å². The normalized spacial score (nSPS) is 13.2. The molecule has 2 nitrogen and oxygen atoms in total. The molecular formula is C19H32O2S. The molecule has 1 rings (SSSR count). The molecular weight excluding hydrogens is 292 g/mol. The van der Waals surface area contributed by atoms with Gasteiger partial charge in [-0.3, -0.25) is 0 Å². The van der Waals surface area contributed by atoms with Crippen molar-refractivity contribution in [2.75, 3.05) is 6.26 Å². The van der Waals surface area contributed by atoms with Crippen LogP contribution in [0.4, 0.5) is 0 Å². The van der Waals surface area contributed by atoms with Crippen molar-refractivity contribution < 1.29 is 8.42 Å². The lowest BCUT2D eigenvalue weighted by atomic mass is 9.88. The summed E-state index contributed by atoms with van der Waals surface area (Å²) in [7, 11) is -3.09. The van der Waals surface area contributed by atoms with Crippen molar-refractivity contribution in [2.45, 2.75) is 82.4 Å². The van der Waals surface area contributed by atoms with Gasteiger partial charge in [0.2, 0.25) is 0 Å². The number of hydrogen-bond donors (Lipinski definition) is 0. The van der Waals surface area contributed by atoms with Gasteiger partial charge in [-0.15, -0.1) is 0 Å². The fraction of sp³-hybridized carbons (Fsp3) is 0.684. The summed E-state index contributed by atoms with van der Waals surface area (Å²) < 4.78 is 23.1. The Kier molecular flexibility index (Phi) is 8.77. The summed E-state index contributed by atoms with van der Waals surface area (Å²) in [6.07, 6.45) is 12.7. The first kappa shape index (κ1) is 19.2. The van der Waals surface area contributed by atoms with Gasteiger partial charge in [0.25, 0.3) is 0 Å². The molecule has 0 saturated carbocycles. The van der Waals surface area contributed by atoms with Gasteiger partial charge in [-0.1, -0.05) is 70.9 Å². The van der Waals surface area contributed by atoms with Gasteiger partial charge >= 0.3 is 0 Å². The molecule has 0 bridgehead atoms. The number of unbranched alkanes of at least 4 members (excludes halogenated alkanes) is 5. The zero-order chi connectivity index (χ0) is 16.4. The monoisotopic (exact) mass is 324 g/mol. The summed E-state index contributed by atoms with van der Waals surface area (Å²) in [5, 5.41) is 0. The van der Waals surface area contributed by atoms with Gasteiger partial charge in [0.1, 0.15) is 0 Å². The third-order valence-electron chi connectivity index (χ3n) is 4.34. The predicted octanol–water partition coefficient (Wildman–Crippen LogP) is 5.72. The molecule has 22 heavy (non-hydrogen) atoms. The zero-order valence-corrected chi connectivity index (χ0v) is 15.3.